The normalized spacial score (nSPS) is 12.5. The van der Waals surface area contributed by atoms with Crippen LogP contribution in [-0.4, -0.2) is 11.1 Å². The van der Waals surface area contributed by atoms with Crippen LogP contribution in [0.1, 0.15) is 30.4 Å². The van der Waals surface area contributed by atoms with Crippen LogP contribution in [0, 0.1) is 18.6 Å². The molecule has 0 aromatic heterocycles. The molecule has 2 nitrogen and oxygen atoms in total. The maximum absolute atomic E-state index is 13.5. The minimum absolute atomic E-state index is 0.0651. The van der Waals surface area contributed by atoms with E-state index in [1.54, 1.807) is 6.92 Å². The van der Waals surface area contributed by atoms with Gasteiger partial charge in [0.15, 0.2) is 0 Å². The number of carbonyl (C=O) groups is 1. The molecular weight excluding hydrogens is 202 g/mol. The number of halogens is 2. The first-order valence-electron chi connectivity index (χ1n) is 4.59. The number of carboxylic acid groups (broad SMARTS) is 1. The number of carboxylic acids is 1. The van der Waals surface area contributed by atoms with Gasteiger partial charge in [-0.1, -0.05) is 13.0 Å². The smallest absolute Gasteiger partial charge is 0.303 e. The Morgan fingerprint density at radius 2 is 2.07 bits per heavy atom. The van der Waals surface area contributed by atoms with E-state index in [9.17, 15) is 13.6 Å². The Morgan fingerprint density at radius 3 is 2.60 bits per heavy atom. The minimum atomic E-state index is -0.996. The molecule has 1 unspecified atom stereocenters. The van der Waals surface area contributed by atoms with Gasteiger partial charge in [0.05, 0.1) is 6.42 Å². The summed E-state index contributed by atoms with van der Waals surface area (Å²) in [4.78, 5) is 10.4. The van der Waals surface area contributed by atoms with Gasteiger partial charge < -0.3 is 5.11 Å². The third-order valence-electron chi connectivity index (χ3n) is 2.36. The summed E-state index contributed by atoms with van der Waals surface area (Å²) in [6, 6.07) is 2.46. The quantitative estimate of drug-likeness (QED) is 0.840. The van der Waals surface area contributed by atoms with Crippen molar-refractivity contribution < 1.29 is 18.7 Å². The third kappa shape index (κ3) is 2.52. The van der Waals surface area contributed by atoms with Gasteiger partial charge in [0.25, 0.3) is 0 Å². The lowest BCUT2D eigenvalue weighted by Gasteiger charge is -2.12. The maximum atomic E-state index is 13.5. The van der Waals surface area contributed by atoms with E-state index in [1.807, 2.05) is 0 Å². The highest BCUT2D eigenvalue weighted by Gasteiger charge is 2.17. The van der Waals surface area contributed by atoms with Gasteiger partial charge in [-0.15, -0.1) is 0 Å². The zero-order valence-corrected chi connectivity index (χ0v) is 8.55. The molecule has 0 bridgehead atoms. The van der Waals surface area contributed by atoms with Crippen LogP contribution in [0.3, 0.4) is 0 Å². The molecule has 0 radical (unpaired) electrons. The van der Waals surface area contributed by atoms with Gasteiger partial charge in [-0.3, -0.25) is 4.79 Å². The van der Waals surface area contributed by atoms with Crippen LogP contribution in [0.15, 0.2) is 12.1 Å². The molecule has 82 valence electrons. The molecule has 0 saturated carbocycles. The Kier molecular flexibility index (Phi) is 3.39. The summed E-state index contributed by atoms with van der Waals surface area (Å²) in [6.45, 7) is 2.94. The third-order valence-corrected chi connectivity index (χ3v) is 2.36. The molecule has 0 aliphatic heterocycles. The molecule has 0 heterocycles. The molecule has 0 fully saturated rings. The maximum Gasteiger partial charge on any atom is 0.303 e. The number of benzene rings is 1. The summed E-state index contributed by atoms with van der Waals surface area (Å²) < 4.78 is 26.5. The van der Waals surface area contributed by atoms with Crippen LogP contribution >= 0.6 is 0 Å². The van der Waals surface area contributed by atoms with Gasteiger partial charge in [0.1, 0.15) is 11.6 Å². The highest BCUT2D eigenvalue weighted by Crippen LogP contribution is 2.25. The van der Waals surface area contributed by atoms with Crippen molar-refractivity contribution in [2.45, 2.75) is 26.2 Å². The standard InChI is InChI=1S/C11H12F2O2/c1-6(5-10(14)15)8-3-4-9(12)7(2)11(8)13/h3-4,6H,5H2,1-2H3,(H,14,15). The summed E-state index contributed by atoms with van der Waals surface area (Å²) in [6.07, 6.45) is -0.165. The van der Waals surface area contributed by atoms with Gasteiger partial charge in [-0.05, 0) is 24.5 Å². The predicted molar refractivity (Wildman–Crippen MR) is 51.8 cm³/mol. The molecule has 1 aromatic rings. The van der Waals surface area contributed by atoms with Crippen molar-refractivity contribution in [2.24, 2.45) is 0 Å². The van der Waals surface area contributed by atoms with Crippen molar-refractivity contribution in [3.05, 3.63) is 34.9 Å². The molecule has 4 heteroatoms. The van der Waals surface area contributed by atoms with Gasteiger partial charge in [0, 0.05) is 5.56 Å². The molecule has 0 amide bonds. The predicted octanol–water partition coefficient (Wildman–Crippen LogP) is 2.85. The summed E-state index contributed by atoms with van der Waals surface area (Å²) >= 11 is 0. The molecule has 0 saturated heterocycles. The van der Waals surface area contributed by atoms with Crippen LogP contribution in [0.4, 0.5) is 8.78 Å². The van der Waals surface area contributed by atoms with E-state index in [-0.39, 0.29) is 17.5 Å². The molecule has 1 atom stereocenters. The summed E-state index contributed by atoms with van der Waals surface area (Å²) in [5.74, 6) is -2.71. The van der Waals surface area contributed by atoms with Gasteiger partial charge in [-0.25, -0.2) is 8.78 Å². The van der Waals surface area contributed by atoms with E-state index in [4.69, 9.17) is 5.11 Å². The van der Waals surface area contributed by atoms with E-state index in [0.29, 0.717) is 0 Å². The fraction of sp³-hybridized carbons (Fsp3) is 0.364. The van der Waals surface area contributed by atoms with Crippen LogP contribution in [-0.2, 0) is 4.79 Å². The zero-order valence-electron chi connectivity index (χ0n) is 8.55. The van der Waals surface area contributed by atoms with E-state index in [2.05, 4.69) is 0 Å². The molecule has 0 aliphatic rings. The second-order valence-corrected chi connectivity index (χ2v) is 3.57. The Bertz CT molecular complexity index is 388. The summed E-state index contributed by atoms with van der Waals surface area (Å²) in [5.41, 5.74) is 0.182. The van der Waals surface area contributed by atoms with Crippen LogP contribution < -0.4 is 0 Å². The van der Waals surface area contributed by atoms with E-state index >= 15 is 0 Å². The first-order chi connectivity index (χ1) is 6.93. The van der Waals surface area contributed by atoms with Crippen molar-refractivity contribution in [3.8, 4) is 0 Å². The Morgan fingerprint density at radius 1 is 1.47 bits per heavy atom. The molecular formula is C11H12F2O2. The largest absolute Gasteiger partial charge is 0.481 e. The average Bonchev–Trinajstić information content (AvgIpc) is 2.13. The first kappa shape index (κ1) is 11.6. The highest BCUT2D eigenvalue weighted by atomic mass is 19.1. The summed E-state index contributed by atoms with van der Waals surface area (Å²) in [5, 5.41) is 8.56. The lowest BCUT2D eigenvalue weighted by atomic mass is 9.95. The van der Waals surface area contributed by atoms with Crippen LogP contribution in [0.5, 0.6) is 0 Å². The molecule has 1 rings (SSSR count). The zero-order chi connectivity index (χ0) is 11.6. The number of aliphatic carboxylic acids is 1. The van der Waals surface area contributed by atoms with Crippen LogP contribution in [0.25, 0.3) is 0 Å². The van der Waals surface area contributed by atoms with Crippen molar-refractivity contribution in [1.29, 1.82) is 0 Å². The van der Waals surface area contributed by atoms with Gasteiger partial charge >= 0.3 is 5.97 Å². The summed E-state index contributed by atoms with van der Waals surface area (Å²) in [7, 11) is 0. The van der Waals surface area contributed by atoms with Gasteiger partial charge in [0.2, 0.25) is 0 Å². The highest BCUT2D eigenvalue weighted by molar-refractivity contribution is 5.68. The Hall–Kier alpha value is -1.45. The topological polar surface area (TPSA) is 37.3 Å². The molecule has 0 aliphatic carbocycles. The first-order valence-corrected chi connectivity index (χ1v) is 4.59. The fourth-order valence-electron chi connectivity index (χ4n) is 1.43. The average molecular weight is 214 g/mol. The Labute approximate surface area is 86.5 Å². The van der Waals surface area contributed by atoms with Gasteiger partial charge in [-0.2, -0.15) is 0 Å². The van der Waals surface area contributed by atoms with E-state index in [0.717, 1.165) is 6.07 Å². The molecule has 0 spiro atoms. The van der Waals surface area contributed by atoms with Crippen molar-refractivity contribution >= 4 is 5.97 Å². The van der Waals surface area contributed by atoms with Crippen LogP contribution in [0.2, 0.25) is 0 Å². The van der Waals surface area contributed by atoms with Crippen molar-refractivity contribution in [2.75, 3.05) is 0 Å². The lowest BCUT2D eigenvalue weighted by molar-refractivity contribution is -0.137. The molecule has 1 aromatic carbocycles. The minimum Gasteiger partial charge on any atom is -0.481 e. The number of hydrogen-bond acceptors (Lipinski definition) is 1. The van der Waals surface area contributed by atoms with E-state index < -0.39 is 23.5 Å². The monoisotopic (exact) mass is 214 g/mol. The SMILES string of the molecule is Cc1c(F)ccc(C(C)CC(=O)O)c1F. The second kappa shape index (κ2) is 4.38. The molecule has 15 heavy (non-hydrogen) atoms. The number of hydrogen-bond donors (Lipinski definition) is 1. The lowest BCUT2D eigenvalue weighted by Crippen LogP contribution is -2.06. The number of rotatable bonds is 3. The fourth-order valence-corrected chi connectivity index (χ4v) is 1.43. The van der Waals surface area contributed by atoms with Crippen molar-refractivity contribution in [3.63, 3.8) is 0 Å². The Balaban J connectivity index is 3.05. The second-order valence-electron chi connectivity index (χ2n) is 3.57. The molecule has 1 N–H and O–H groups in total. The van der Waals surface area contributed by atoms with E-state index in [1.165, 1.54) is 13.0 Å². The van der Waals surface area contributed by atoms with Crippen molar-refractivity contribution in [1.82, 2.24) is 0 Å².